The zero-order valence-corrected chi connectivity index (χ0v) is 30.6. The number of methoxy groups -OCH3 is 3. The molecule has 0 radical (unpaired) electrons. The van der Waals surface area contributed by atoms with Gasteiger partial charge in [-0.05, 0) is 32.1 Å². The van der Waals surface area contributed by atoms with Crippen LogP contribution in [0.15, 0.2) is 27.3 Å². The normalized spacial score (nSPS) is 14.7. The fourth-order valence-electron chi connectivity index (χ4n) is 7.95. The highest BCUT2D eigenvalue weighted by atomic mass is 16.5. The van der Waals surface area contributed by atoms with Gasteiger partial charge in [-0.3, -0.25) is 24.0 Å². The molecule has 1 aliphatic carbocycles. The van der Waals surface area contributed by atoms with Crippen LogP contribution in [0.1, 0.15) is 56.6 Å². The van der Waals surface area contributed by atoms with Crippen LogP contribution in [-0.2, 0) is 24.0 Å². The van der Waals surface area contributed by atoms with E-state index in [1.54, 1.807) is 6.92 Å². The molecule has 0 spiro atoms. The van der Waals surface area contributed by atoms with Crippen molar-refractivity contribution < 1.29 is 63.7 Å². The Balaban J connectivity index is 1.96. The van der Waals surface area contributed by atoms with E-state index in [1.807, 2.05) is 0 Å². The third-order valence-corrected chi connectivity index (χ3v) is 10.2. The number of nitrogens with one attached hydrogen (secondary N) is 2. The van der Waals surface area contributed by atoms with Crippen LogP contribution in [0.5, 0.6) is 23.0 Å². The molecule has 0 aromatic heterocycles. The molecule has 56 heavy (non-hydrogen) atoms. The molecule has 0 amide bonds. The molecule has 3 atom stereocenters. The first-order valence-corrected chi connectivity index (χ1v) is 17.2. The van der Waals surface area contributed by atoms with Gasteiger partial charge < -0.3 is 50.4 Å². The number of carboxylic acid groups (broad SMARTS) is 4. The summed E-state index contributed by atoms with van der Waals surface area (Å²) in [6.07, 6.45) is -0.489. The van der Waals surface area contributed by atoms with Gasteiger partial charge in [-0.25, -0.2) is 9.59 Å². The lowest BCUT2D eigenvalue weighted by Crippen LogP contribution is -2.32. The highest BCUT2D eigenvalue weighted by molar-refractivity contribution is 6.40. The zero-order chi connectivity index (χ0) is 41.1. The number of anilines is 2. The Bertz CT molecular complexity index is 2690. The molecule has 17 heteroatoms. The average molecular weight is 773 g/mol. The molecule has 1 aliphatic rings. The predicted octanol–water partition coefficient (Wildman–Crippen LogP) is 4.18. The van der Waals surface area contributed by atoms with Crippen molar-refractivity contribution in [3.63, 3.8) is 0 Å². The number of aromatic hydroxyl groups is 1. The first-order chi connectivity index (χ1) is 26.5. The van der Waals surface area contributed by atoms with Crippen LogP contribution in [0, 0.1) is 0 Å². The fourth-order valence-corrected chi connectivity index (χ4v) is 7.95. The summed E-state index contributed by atoms with van der Waals surface area (Å²) in [6.45, 7) is 2.85. The molecular weight excluding hydrogens is 736 g/mol. The molecule has 5 aromatic rings. The molecule has 0 heterocycles. The molecule has 0 saturated carbocycles. The van der Waals surface area contributed by atoms with Crippen molar-refractivity contribution in [1.29, 1.82) is 0 Å². The van der Waals surface area contributed by atoms with Gasteiger partial charge in [0.15, 0.2) is 5.75 Å². The van der Waals surface area contributed by atoms with Crippen LogP contribution in [0.2, 0.25) is 0 Å². The van der Waals surface area contributed by atoms with Gasteiger partial charge in [-0.2, -0.15) is 0 Å². The maximum Gasteiger partial charge on any atom is 0.326 e. The van der Waals surface area contributed by atoms with Gasteiger partial charge in [0.2, 0.25) is 10.9 Å². The van der Waals surface area contributed by atoms with E-state index in [2.05, 4.69) is 10.6 Å². The highest BCUT2D eigenvalue weighted by Gasteiger charge is 2.38. The molecule has 6 rings (SSSR count). The summed E-state index contributed by atoms with van der Waals surface area (Å²) < 4.78 is 17.4. The number of rotatable bonds is 16. The molecule has 7 N–H and O–H groups in total. The van der Waals surface area contributed by atoms with E-state index in [0.717, 1.165) is 6.07 Å². The van der Waals surface area contributed by atoms with Crippen LogP contribution in [0.4, 0.5) is 11.4 Å². The number of fused-ring (bicyclic) bond motifs is 1. The number of allylic oxidation sites excluding steroid dienone is 1. The number of phenols is 1. The minimum absolute atomic E-state index is 0.0101. The van der Waals surface area contributed by atoms with Crippen molar-refractivity contribution in [2.45, 2.75) is 57.5 Å². The van der Waals surface area contributed by atoms with Gasteiger partial charge in [0.1, 0.15) is 35.1 Å². The number of carboxylic acids is 4. The van der Waals surface area contributed by atoms with E-state index >= 15 is 0 Å². The SMILES string of the molecule is COc1c2c3c4c(c(NC(CCC(=O)O)C(=O)O)c(=O)c5c(O)cc(OC)c(c6c(OC)cc(NC(CCC(=O)O)C(=O)O)c(c1=O)c63)c54)C=C(C)C2C(C)=O. The predicted molar refractivity (Wildman–Crippen MR) is 204 cm³/mol. The second-order valence-corrected chi connectivity index (χ2v) is 13.5. The minimum atomic E-state index is -1.62. The number of ether oxygens (including phenoxy) is 3. The van der Waals surface area contributed by atoms with Crippen LogP contribution < -0.4 is 35.7 Å². The lowest BCUT2D eigenvalue weighted by atomic mass is 9.80. The Morgan fingerprint density at radius 2 is 1.23 bits per heavy atom. The van der Waals surface area contributed by atoms with Crippen molar-refractivity contribution in [3.8, 4) is 23.0 Å². The summed E-state index contributed by atoms with van der Waals surface area (Å²) in [5, 5.41) is 56.3. The van der Waals surface area contributed by atoms with Crippen LogP contribution in [0.3, 0.4) is 0 Å². The Morgan fingerprint density at radius 3 is 1.73 bits per heavy atom. The number of phenolic OH excluding ortho intramolecular Hbond substituents is 1. The lowest BCUT2D eigenvalue weighted by molar-refractivity contribution is -0.141. The number of hydrogen-bond donors (Lipinski definition) is 7. The number of carbonyl (C=O) groups excluding carboxylic acids is 1. The highest BCUT2D eigenvalue weighted by Crippen LogP contribution is 2.56. The minimum Gasteiger partial charge on any atom is -0.507 e. The summed E-state index contributed by atoms with van der Waals surface area (Å²) in [4.78, 5) is 91.1. The molecule has 0 fully saturated rings. The van der Waals surface area contributed by atoms with E-state index in [9.17, 15) is 59.1 Å². The summed E-state index contributed by atoms with van der Waals surface area (Å²) in [5.41, 5.74) is -1.72. The van der Waals surface area contributed by atoms with Crippen LogP contribution >= 0.6 is 0 Å². The van der Waals surface area contributed by atoms with Gasteiger partial charge in [0, 0.05) is 63.0 Å². The third kappa shape index (κ3) is 6.00. The second kappa shape index (κ2) is 14.4. The summed E-state index contributed by atoms with van der Waals surface area (Å²) in [7, 11) is 3.80. The average Bonchev–Trinajstić information content (AvgIpc) is 3.26. The van der Waals surface area contributed by atoms with Crippen LogP contribution in [-0.4, -0.2) is 88.6 Å². The number of hydrogen-bond acceptors (Lipinski definition) is 13. The zero-order valence-electron chi connectivity index (χ0n) is 30.6. The molecule has 292 valence electrons. The molecule has 3 unspecified atom stereocenters. The van der Waals surface area contributed by atoms with Gasteiger partial charge in [-0.1, -0.05) is 11.6 Å². The quantitative estimate of drug-likeness (QED) is 0.0547. The topological polar surface area (TPSA) is 272 Å². The van der Waals surface area contributed by atoms with Gasteiger partial charge in [-0.15, -0.1) is 0 Å². The van der Waals surface area contributed by atoms with Crippen molar-refractivity contribution in [2.75, 3.05) is 32.0 Å². The third-order valence-electron chi connectivity index (χ3n) is 10.2. The standard InChI is InChI=1S/C39H36N2O15/c1-13-10-15-25-30-27(35(48)34(15)41-17(39(52)53)7-9-23(46)47)19(43)12-21(55-4)29(30)28-20(54-3)11-18(40-16(38(50)51)6-8-22(44)45)26-32(28)31(25)33(24(13)14(2)42)37(56-5)36(26)49/h10-12,16-17,24,40-41,43H,6-9H2,1-5H3,(H,44,45)(H,46,47)(H,50,51)(H,52,53). The number of Topliss-reactive ketones (excluding diaryl/α,β-unsaturated/α-hetero) is 1. The molecular formula is C39H36N2O15. The van der Waals surface area contributed by atoms with Gasteiger partial charge in [0.25, 0.3) is 0 Å². The molecule has 5 aromatic carbocycles. The maximum absolute atomic E-state index is 14.8. The summed E-state index contributed by atoms with van der Waals surface area (Å²) in [6, 6.07) is -0.658. The number of benzene rings is 5. The van der Waals surface area contributed by atoms with E-state index in [0.29, 0.717) is 5.57 Å². The smallest absolute Gasteiger partial charge is 0.326 e. The Kier molecular flexibility index (Phi) is 9.97. The van der Waals surface area contributed by atoms with Crippen molar-refractivity contribution in [3.05, 3.63) is 49.3 Å². The van der Waals surface area contributed by atoms with Gasteiger partial charge >= 0.3 is 23.9 Å². The second-order valence-electron chi connectivity index (χ2n) is 13.5. The van der Waals surface area contributed by atoms with E-state index in [-0.39, 0.29) is 82.8 Å². The van der Waals surface area contributed by atoms with E-state index in [1.165, 1.54) is 40.4 Å². The molecule has 17 nitrogen and oxygen atoms in total. The van der Waals surface area contributed by atoms with E-state index in [4.69, 9.17) is 14.2 Å². The number of ketones is 1. The summed E-state index contributed by atoms with van der Waals surface area (Å²) in [5.74, 6) is -7.99. The van der Waals surface area contributed by atoms with Crippen LogP contribution in [0.25, 0.3) is 49.2 Å². The van der Waals surface area contributed by atoms with E-state index < -0.39 is 90.0 Å². The first-order valence-electron chi connectivity index (χ1n) is 17.2. The van der Waals surface area contributed by atoms with Crippen molar-refractivity contribution in [1.82, 2.24) is 0 Å². The Morgan fingerprint density at radius 1 is 0.696 bits per heavy atom. The largest absolute Gasteiger partial charge is 0.507 e. The molecule has 0 aliphatic heterocycles. The molecule has 0 bridgehead atoms. The van der Waals surface area contributed by atoms with Crippen molar-refractivity contribution >= 4 is 90.2 Å². The Labute approximate surface area is 315 Å². The first kappa shape index (κ1) is 38.8. The summed E-state index contributed by atoms with van der Waals surface area (Å²) >= 11 is 0. The molecule has 0 saturated heterocycles. The maximum atomic E-state index is 14.8. The fraction of sp³-hybridized carbons (Fsp3) is 0.308. The number of aliphatic carboxylic acids is 4. The lowest BCUT2D eigenvalue weighted by Gasteiger charge is -2.26. The monoisotopic (exact) mass is 772 g/mol. The Hall–Kier alpha value is -6.91. The number of carbonyl (C=O) groups is 5. The van der Waals surface area contributed by atoms with Gasteiger partial charge in [0.05, 0.1) is 49.4 Å². The van der Waals surface area contributed by atoms with Crippen molar-refractivity contribution in [2.24, 2.45) is 0 Å².